The quantitative estimate of drug-likeness (QED) is 0.669. The van der Waals surface area contributed by atoms with E-state index in [2.05, 4.69) is 14.9 Å². The molecule has 1 aromatic heterocycles. The van der Waals surface area contributed by atoms with Gasteiger partial charge in [-0.3, -0.25) is 4.79 Å². The summed E-state index contributed by atoms with van der Waals surface area (Å²) in [6.07, 6.45) is 5.74. The van der Waals surface area contributed by atoms with Crippen molar-refractivity contribution < 1.29 is 9.18 Å². The third-order valence-corrected chi connectivity index (χ3v) is 5.02. The summed E-state index contributed by atoms with van der Waals surface area (Å²) in [7, 11) is 1.98. The zero-order valence-corrected chi connectivity index (χ0v) is 15.8. The number of imidazole rings is 1. The van der Waals surface area contributed by atoms with Gasteiger partial charge in [-0.05, 0) is 49.1 Å². The summed E-state index contributed by atoms with van der Waals surface area (Å²) in [5, 5.41) is 0. The van der Waals surface area contributed by atoms with E-state index in [1.54, 1.807) is 29.4 Å². The van der Waals surface area contributed by atoms with Gasteiger partial charge in [-0.15, -0.1) is 0 Å². The summed E-state index contributed by atoms with van der Waals surface area (Å²) >= 11 is 0. The lowest BCUT2D eigenvalue weighted by Gasteiger charge is -2.25. The van der Waals surface area contributed by atoms with Crippen LogP contribution in [0.3, 0.4) is 0 Å². The highest BCUT2D eigenvalue weighted by Gasteiger charge is 2.29. The fourth-order valence-electron chi connectivity index (χ4n) is 3.25. The van der Waals surface area contributed by atoms with Crippen LogP contribution in [0.15, 0.2) is 61.1 Å². The molecule has 0 radical (unpaired) electrons. The van der Waals surface area contributed by atoms with Crippen LogP contribution in [0.1, 0.15) is 28.9 Å². The second-order valence-electron chi connectivity index (χ2n) is 7.28. The van der Waals surface area contributed by atoms with E-state index in [9.17, 15) is 9.18 Å². The van der Waals surface area contributed by atoms with E-state index in [-0.39, 0.29) is 11.5 Å². The molecule has 0 unspecified atom stereocenters. The molecule has 28 heavy (non-hydrogen) atoms. The molecule has 1 aliphatic rings. The van der Waals surface area contributed by atoms with Crippen molar-refractivity contribution in [2.24, 2.45) is 5.92 Å². The van der Waals surface area contributed by atoms with Gasteiger partial charge in [0.15, 0.2) is 0 Å². The Labute approximate surface area is 163 Å². The van der Waals surface area contributed by atoms with Crippen LogP contribution in [0.2, 0.25) is 0 Å². The lowest BCUT2D eigenvalue weighted by Crippen LogP contribution is -2.33. The Morgan fingerprint density at radius 2 is 1.96 bits per heavy atom. The van der Waals surface area contributed by atoms with Gasteiger partial charge in [-0.25, -0.2) is 9.37 Å². The predicted molar refractivity (Wildman–Crippen MR) is 108 cm³/mol. The second-order valence-corrected chi connectivity index (χ2v) is 7.28. The molecular formula is C22H23FN4O. The number of benzene rings is 2. The van der Waals surface area contributed by atoms with Crippen LogP contribution in [0.4, 0.5) is 15.8 Å². The van der Waals surface area contributed by atoms with Crippen molar-refractivity contribution in [3.8, 4) is 0 Å². The Balaban J connectivity index is 1.61. The highest BCUT2D eigenvalue weighted by molar-refractivity contribution is 6.06. The zero-order valence-electron chi connectivity index (χ0n) is 15.8. The number of rotatable bonds is 7. The minimum absolute atomic E-state index is 0.110. The average Bonchev–Trinajstić information content (AvgIpc) is 3.39. The van der Waals surface area contributed by atoms with Crippen molar-refractivity contribution in [2.75, 3.05) is 23.4 Å². The van der Waals surface area contributed by atoms with Gasteiger partial charge in [0.25, 0.3) is 5.91 Å². The number of halogens is 1. The first kappa shape index (κ1) is 18.2. The van der Waals surface area contributed by atoms with Gasteiger partial charge in [0.2, 0.25) is 0 Å². The highest BCUT2D eigenvalue weighted by Crippen LogP contribution is 2.33. The lowest BCUT2D eigenvalue weighted by molar-refractivity contribution is 0.0982. The summed E-state index contributed by atoms with van der Waals surface area (Å²) < 4.78 is 14.2. The number of nitrogens with one attached hydrogen (secondary N) is 1. The van der Waals surface area contributed by atoms with E-state index in [0.717, 1.165) is 29.9 Å². The van der Waals surface area contributed by atoms with Crippen LogP contribution >= 0.6 is 0 Å². The molecule has 3 aromatic rings. The van der Waals surface area contributed by atoms with Crippen molar-refractivity contribution >= 4 is 17.3 Å². The molecule has 5 nitrogen and oxygen atoms in total. The molecule has 0 spiro atoms. The number of aromatic amines is 1. The Morgan fingerprint density at radius 3 is 2.68 bits per heavy atom. The molecular weight excluding hydrogens is 355 g/mol. The molecule has 1 saturated carbocycles. The van der Waals surface area contributed by atoms with Gasteiger partial charge >= 0.3 is 0 Å². The number of carbonyl (C=O) groups is 1. The number of H-pyrrole nitrogens is 1. The van der Waals surface area contributed by atoms with Crippen LogP contribution in [0, 0.1) is 11.7 Å². The molecule has 144 valence electrons. The number of hydrogen-bond acceptors (Lipinski definition) is 3. The minimum atomic E-state index is -0.486. The average molecular weight is 378 g/mol. The number of anilines is 2. The van der Waals surface area contributed by atoms with E-state index < -0.39 is 5.82 Å². The first-order valence-corrected chi connectivity index (χ1v) is 9.47. The molecule has 0 bridgehead atoms. The Kier molecular flexibility index (Phi) is 5.10. The maximum Gasteiger partial charge on any atom is 0.261 e. The zero-order chi connectivity index (χ0) is 19.5. The van der Waals surface area contributed by atoms with Gasteiger partial charge < -0.3 is 14.8 Å². The number of nitrogens with zero attached hydrogens (tertiary/aromatic N) is 3. The van der Waals surface area contributed by atoms with E-state index in [0.29, 0.717) is 19.0 Å². The molecule has 0 aliphatic heterocycles. The summed E-state index contributed by atoms with van der Waals surface area (Å²) in [6.45, 7) is 1.26. The fraction of sp³-hybridized carbons (Fsp3) is 0.273. The monoisotopic (exact) mass is 378 g/mol. The smallest absolute Gasteiger partial charge is 0.261 e. The van der Waals surface area contributed by atoms with Crippen LogP contribution in [0.25, 0.3) is 0 Å². The molecule has 6 heteroatoms. The van der Waals surface area contributed by atoms with Crippen LogP contribution in [0.5, 0.6) is 0 Å². The topological polar surface area (TPSA) is 52.2 Å². The Morgan fingerprint density at radius 1 is 1.18 bits per heavy atom. The highest BCUT2D eigenvalue weighted by atomic mass is 19.1. The molecule has 0 atom stereocenters. The first-order chi connectivity index (χ1) is 13.6. The molecule has 1 aliphatic carbocycles. The second kappa shape index (κ2) is 7.84. The van der Waals surface area contributed by atoms with E-state index in [1.165, 1.54) is 6.07 Å². The van der Waals surface area contributed by atoms with Crippen LogP contribution in [-0.4, -0.2) is 29.5 Å². The minimum Gasteiger partial charge on any atom is -0.369 e. The number of aromatic nitrogens is 2. The molecule has 1 heterocycles. The molecule has 0 saturated heterocycles. The largest absolute Gasteiger partial charge is 0.369 e. The number of hydrogen-bond donors (Lipinski definition) is 1. The van der Waals surface area contributed by atoms with Gasteiger partial charge in [0.1, 0.15) is 5.82 Å². The van der Waals surface area contributed by atoms with E-state index in [1.807, 2.05) is 37.5 Å². The summed E-state index contributed by atoms with van der Waals surface area (Å²) in [4.78, 5) is 24.1. The predicted octanol–water partition coefficient (Wildman–Crippen LogP) is 4.24. The van der Waals surface area contributed by atoms with Crippen LogP contribution < -0.4 is 9.80 Å². The molecule has 1 fully saturated rings. The van der Waals surface area contributed by atoms with Crippen LogP contribution in [-0.2, 0) is 6.54 Å². The number of carbonyl (C=O) groups excluding carboxylic acids is 1. The maximum absolute atomic E-state index is 14.2. The van der Waals surface area contributed by atoms with E-state index in [4.69, 9.17) is 0 Å². The number of amides is 1. The van der Waals surface area contributed by atoms with Crippen molar-refractivity contribution in [1.82, 2.24) is 9.97 Å². The SMILES string of the molecule is CN(Cc1c[nH]cn1)c1cccc(N(CC2CC2)C(=O)c2ccccc2F)c1. The molecule has 1 amide bonds. The molecule has 4 rings (SSSR count). The van der Waals surface area contributed by atoms with Gasteiger partial charge in [-0.1, -0.05) is 18.2 Å². The Hall–Kier alpha value is -3.15. The normalized spacial score (nSPS) is 13.4. The maximum atomic E-state index is 14.2. The van der Waals surface area contributed by atoms with Crippen molar-refractivity contribution in [1.29, 1.82) is 0 Å². The summed E-state index contributed by atoms with van der Waals surface area (Å²) in [6, 6.07) is 14.0. The van der Waals surface area contributed by atoms with Gasteiger partial charge in [0.05, 0.1) is 24.1 Å². The van der Waals surface area contributed by atoms with E-state index >= 15 is 0 Å². The first-order valence-electron chi connectivity index (χ1n) is 9.47. The standard InChI is InChI=1S/C22H23FN4O/c1-26(14-17-12-24-15-25-17)18-5-4-6-19(11-18)27(13-16-9-10-16)22(28)20-7-2-3-8-21(20)23/h2-8,11-12,15-16H,9-10,13-14H2,1H3,(H,24,25). The van der Waals surface area contributed by atoms with Crippen molar-refractivity contribution in [3.05, 3.63) is 78.1 Å². The third-order valence-electron chi connectivity index (χ3n) is 5.02. The third kappa shape index (κ3) is 4.06. The lowest BCUT2D eigenvalue weighted by atomic mass is 10.1. The summed E-state index contributed by atoms with van der Waals surface area (Å²) in [5.41, 5.74) is 2.80. The van der Waals surface area contributed by atoms with Crippen molar-refractivity contribution in [3.63, 3.8) is 0 Å². The Bertz CT molecular complexity index is 953. The summed E-state index contributed by atoms with van der Waals surface area (Å²) in [5.74, 6) is -0.293. The molecule has 1 N–H and O–H groups in total. The molecule has 2 aromatic carbocycles. The fourth-order valence-corrected chi connectivity index (χ4v) is 3.25. The van der Waals surface area contributed by atoms with Crippen molar-refractivity contribution in [2.45, 2.75) is 19.4 Å². The van der Waals surface area contributed by atoms with Gasteiger partial charge in [0, 0.05) is 31.2 Å². The van der Waals surface area contributed by atoms with Gasteiger partial charge in [-0.2, -0.15) is 0 Å².